The zero-order chi connectivity index (χ0) is 13.7. The van der Waals surface area contributed by atoms with Gasteiger partial charge in [-0.3, -0.25) is 4.90 Å². The molecule has 4 nitrogen and oxygen atoms in total. The predicted octanol–water partition coefficient (Wildman–Crippen LogP) is 2.27. The van der Waals surface area contributed by atoms with Gasteiger partial charge >= 0.3 is 0 Å². The molecule has 5 heteroatoms. The second-order valence-corrected chi connectivity index (χ2v) is 5.92. The third kappa shape index (κ3) is 4.22. The van der Waals surface area contributed by atoms with Crippen molar-refractivity contribution in [2.24, 2.45) is 0 Å². The van der Waals surface area contributed by atoms with Gasteiger partial charge in [0.05, 0.1) is 20.3 Å². The van der Waals surface area contributed by atoms with Gasteiger partial charge in [0.1, 0.15) is 0 Å². The topological polar surface area (TPSA) is 41.9 Å². The minimum atomic E-state index is 0.282. The molecule has 2 rings (SSSR count). The summed E-state index contributed by atoms with van der Waals surface area (Å²) >= 11 is 2.25. The average Bonchev–Trinajstić information content (AvgIpc) is 2.43. The van der Waals surface area contributed by atoms with Crippen LogP contribution in [0.15, 0.2) is 12.1 Å². The van der Waals surface area contributed by atoms with E-state index in [0.29, 0.717) is 5.75 Å². The van der Waals surface area contributed by atoms with Crippen molar-refractivity contribution in [1.82, 2.24) is 4.90 Å². The van der Waals surface area contributed by atoms with Crippen molar-refractivity contribution in [2.45, 2.75) is 12.8 Å². The molecule has 0 aliphatic carbocycles. The lowest BCUT2D eigenvalue weighted by Crippen LogP contribution is -2.36. The van der Waals surface area contributed by atoms with Crippen LogP contribution in [-0.2, 0) is 11.2 Å². The molecule has 0 unspecified atom stereocenters. The number of nitrogens with zero attached hydrogens (tertiary/aromatic N) is 1. The predicted molar refractivity (Wildman–Crippen MR) is 83.0 cm³/mol. The van der Waals surface area contributed by atoms with E-state index in [1.165, 1.54) is 0 Å². The summed E-state index contributed by atoms with van der Waals surface area (Å²) in [6.45, 7) is 4.75. The first kappa shape index (κ1) is 14.9. The maximum atomic E-state index is 10.1. The van der Waals surface area contributed by atoms with Crippen molar-refractivity contribution < 1.29 is 14.6 Å². The van der Waals surface area contributed by atoms with Gasteiger partial charge in [-0.25, -0.2) is 0 Å². The Morgan fingerprint density at radius 1 is 1.37 bits per heavy atom. The van der Waals surface area contributed by atoms with Gasteiger partial charge in [-0.2, -0.15) is 0 Å². The second kappa shape index (κ2) is 7.31. The van der Waals surface area contributed by atoms with E-state index >= 15 is 0 Å². The second-order valence-electron chi connectivity index (χ2n) is 4.67. The van der Waals surface area contributed by atoms with E-state index < -0.39 is 0 Å². The molecular weight excluding hydrogens is 357 g/mol. The van der Waals surface area contributed by atoms with E-state index in [-0.39, 0.29) is 5.75 Å². The van der Waals surface area contributed by atoms with Gasteiger partial charge in [0.15, 0.2) is 11.5 Å². The van der Waals surface area contributed by atoms with Gasteiger partial charge in [-0.15, -0.1) is 0 Å². The van der Waals surface area contributed by atoms with Crippen LogP contribution in [0, 0.1) is 3.57 Å². The standard InChI is InChI=1S/C14H20INO3/c1-18-13-10-12(15)9-11(14(13)17)3-2-4-16-5-7-19-8-6-16/h9-10,17H,2-8H2,1H3. The van der Waals surface area contributed by atoms with E-state index in [0.717, 1.165) is 54.8 Å². The summed E-state index contributed by atoms with van der Waals surface area (Å²) in [5, 5.41) is 10.1. The first-order valence-electron chi connectivity index (χ1n) is 6.56. The number of ether oxygens (including phenoxy) is 2. The molecular formula is C14H20INO3. The third-order valence-electron chi connectivity index (χ3n) is 3.36. The number of halogens is 1. The first-order chi connectivity index (χ1) is 9.20. The van der Waals surface area contributed by atoms with E-state index in [1.807, 2.05) is 12.1 Å². The summed E-state index contributed by atoms with van der Waals surface area (Å²) in [6.07, 6.45) is 1.91. The number of methoxy groups -OCH3 is 1. The highest BCUT2D eigenvalue weighted by molar-refractivity contribution is 14.1. The van der Waals surface area contributed by atoms with E-state index in [2.05, 4.69) is 27.5 Å². The fourth-order valence-corrected chi connectivity index (χ4v) is 2.95. The molecule has 0 bridgehead atoms. The summed E-state index contributed by atoms with van der Waals surface area (Å²) in [5.74, 6) is 0.846. The molecule has 1 saturated heterocycles. The monoisotopic (exact) mass is 377 g/mol. The van der Waals surface area contributed by atoms with Crippen LogP contribution >= 0.6 is 22.6 Å². The van der Waals surface area contributed by atoms with Crippen LogP contribution in [0.3, 0.4) is 0 Å². The number of phenols is 1. The van der Waals surface area contributed by atoms with Crippen molar-refractivity contribution in [3.05, 3.63) is 21.3 Å². The number of hydrogen-bond acceptors (Lipinski definition) is 4. The first-order valence-corrected chi connectivity index (χ1v) is 7.64. The molecule has 1 N–H and O–H groups in total. The fraction of sp³-hybridized carbons (Fsp3) is 0.571. The van der Waals surface area contributed by atoms with Crippen LogP contribution in [-0.4, -0.2) is 50.0 Å². The molecule has 0 radical (unpaired) electrons. The van der Waals surface area contributed by atoms with Crippen molar-refractivity contribution in [1.29, 1.82) is 0 Å². The Balaban J connectivity index is 1.89. The Morgan fingerprint density at radius 2 is 2.11 bits per heavy atom. The molecule has 19 heavy (non-hydrogen) atoms. The highest BCUT2D eigenvalue weighted by atomic mass is 127. The summed E-state index contributed by atoms with van der Waals surface area (Å²) in [5.41, 5.74) is 0.969. The summed E-state index contributed by atoms with van der Waals surface area (Å²) in [4.78, 5) is 2.41. The van der Waals surface area contributed by atoms with Crippen molar-refractivity contribution in [2.75, 3.05) is 40.0 Å². The van der Waals surface area contributed by atoms with Crippen LogP contribution < -0.4 is 4.74 Å². The third-order valence-corrected chi connectivity index (χ3v) is 3.99. The van der Waals surface area contributed by atoms with Crippen molar-refractivity contribution in [3.63, 3.8) is 0 Å². The minimum absolute atomic E-state index is 0.282. The molecule has 1 aromatic carbocycles. The molecule has 1 aliphatic rings. The van der Waals surface area contributed by atoms with Crippen LogP contribution in [0.4, 0.5) is 0 Å². The summed E-state index contributed by atoms with van der Waals surface area (Å²) in [6, 6.07) is 3.87. The number of morpholine rings is 1. The van der Waals surface area contributed by atoms with Gasteiger partial charge in [0.25, 0.3) is 0 Å². The van der Waals surface area contributed by atoms with Gasteiger partial charge in [-0.05, 0) is 59.7 Å². The Hall–Kier alpha value is -0.530. The van der Waals surface area contributed by atoms with Crippen LogP contribution in [0.25, 0.3) is 0 Å². The minimum Gasteiger partial charge on any atom is -0.504 e. The quantitative estimate of drug-likeness (QED) is 0.800. The molecule has 106 valence electrons. The molecule has 0 spiro atoms. The summed E-state index contributed by atoms with van der Waals surface area (Å²) < 4.78 is 11.6. The fourth-order valence-electron chi connectivity index (χ4n) is 2.29. The number of aromatic hydroxyl groups is 1. The largest absolute Gasteiger partial charge is 0.504 e. The maximum Gasteiger partial charge on any atom is 0.161 e. The zero-order valence-corrected chi connectivity index (χ0v) is 13.4. The molecule has 1 aromatic rings. The van der Waals surface area contributed by atoms with Gasteiger partial charge in [0.2, 0.25) is 0 Å². The lowest BCUT2D eigenvalue weighted by atomic mass is 10.1. The Labute approximate surface area is 127 Å². The van der Waals surface area contributed by atoms with Crippen LogP contribution in [0.5, 0.6) is 11.5 Å². The molecule has 1 fully saturated rings. The number of benzene rings is 1. The lowest BCUT2D eigenvalue weighted by molar-refractivity contribution is 0.0374. The number of rotatable bonds is 5. The smallest absolute Gasteiger partial charge is 0.161 e. The molecule has 1 aliphatic heterocycles. The number of aryl methyl sites for hydroxylation is 1. The highest BCUT2D eigenvalue weighted by Gasteiger charge is 2.12. The Kier molecular flexibility index (Phi) is 5.72. The van der Waals surface area contributed by atoms with E-state index in [4.69, 9.17) is 9.47 Å². The Morgan fingerprint density at radius 3 is 2.79 bits per heavy atom. The molecule has 0 aromatic heterocycles. The molecule has 1 heterocycles. The Bertz CT molecular complexity index is 419. The maximum absolute atomic E-state index is 10.1. The average molecular weight is 377 g/mol. The van der Waals surface area contributed by atoms with Crippen LogP contribution in [0.1, 0.15) is 12.0 Å². The normalized spacial score (nSPS) is 16.5. The molecule has 0 amide bonds. The van der Waals surface area contributed by atoms with Gasteiger partial charge < -0.3 is 14.6 Å². The van der Waals surface area contributed by atoms with Gasteiger partial charge in [0, 0.05) is 16.7 Å². The summed E-state index contributed by atoms with van der Waals surface area (Å²) in [7, 11) is 1.59. The van der Waals surface area contributed by atoms with Crippen LogP contribution in [0.2, 0.25) is 0 Å². The van der Waals surface area contributed by atoms with E-state index in [1.54, 1.807) is 7.11 Å². The molecule has 0 saturated carbocycles. The van der Waals surface area contributed by atoms with Crippen molar-refractivity contribution >= 4 is 22.6 Å². The zero-order valence-electron chi connectivity index (χ0n) is 11.2. The molecule has 0 atom stereocenters. The van der Waals surface area contributed by atoms with Gasteiger partial charge in [-0.1, -0.05) is 0 Å². The highest BCUT2D eigenvalue weighted by Crippen LogP contribution is 2.32. The van der Waals surface area contributed by atoms with E-state index in [9.17, 15) is 5.11 Å². The number of hydrogen-bond donors (Lipinski definition) is 1. The van der Waals surface area contributed by atoms with Crippen molar-refractivity contribution in [3.8, 4) is 11.5 Å². The number of phenolic OH excluding ortho intramolecular Hbond substituents is 1. The lowest BCUT2D eigenvalue weighted by Gasteiger charge is -2.26. The SMILES string of the molecule is COc1cc(I)cc(CCCN2CCOCC2)c1O.